The number of benzene rings is 2. The fraction of sp³-hybridized carbons (Fsp3) is 0.516. The lowest BCUT2D eigenvalue weighted by Crippen LogP contribution is -2.43. The first-order valence-corrected chi connectivity index (χ1v) is 13.6. The van der Waals surface area contributed by atoms with Crippen molar-refractivity contribution >= 4 is 5.97 Å². The average Bonchev–Trinajstić information content (AvgIpc) is 3.32. The zero-order valence-corrected chi connectivity index (χ0v) is 21.6. The number of hydrogen-bond donors (Lipinski definition) is 1. The van der Waals surface area contributed by atoms with E-state index in [1.165, 1.54) is 55.5 Å². The Balaban J connectivity index is 1.34. The largest absolute Gasteiger partial charge is 0.497 e. The summed E-state index contributed by atoms with van der Waals surface area (Å²) in [5.74, 6) is 0.672. The molecule has 5 nitrogen and oxygen atoms in total. The number of piperidine rings is 1. The molecule has 2 aromatic carbocycles. The average molecular weight is 492 g/mol. The van der Waals surface area contributed by atoms with Crippen LogP contribution in [0, 0.1) is 5.92 Å². The van der Waals surface area contributed by atoms with Crippen molar-refractivity contribution in [1.82, 2.24) is 4.90 Å². The Hall–Kier alpha value is -2.63. The van der Waals surface area contributed by atoms with Gasteiger partial charge in [-0.05, 0) is 86.9 Å². The van der Waals surface area contributed by atoms with Crippen molar-refractivity contribution in [1.29, 1.82) is 0 Å². The molecule has 2 aromatic rings. The summed E-state index contributed by atoms with van der Waals surface area (Å²) in [4.78, 5) is 13.5. The van der Waals surface area contributed by atoms with Gasteiger partial charge >= 0.3 is 5.97 Å². The molecule has 3 atom stereocenters. The van der Waals surface area contributed by atoms with Crippen LogP contribution in [0.5, 0.6) is 5.75 Å². The maximum Gasteiger partial charge on any atom is 0.303 e. The summed E-state index contributed by atoms with van der Waals surface area (Å²) in [7, 11) is 1.69. The molecule has 1 aliphatic carbocycles. The molecule has 0 spiro atoms. The van der Waals surface area contributed by atoms with Crippen LogP contribution in [0.4, 0.5) is 0 Å². The Morgan fingerprint density at radius 1 is 0.944 bits per heavy atom. The van der Waals surface area contributed by atoms with E-state index in [1.54, 1.807) is 7.11 Å². The Bertz CT molecular complexity index is 963. The van der Waals surface area contributed by atoms with Gasteiger partial charge < -0.3 is 19.5 Å². The summed E-state index contributed by atoms with van der Waals surface area (Å²) in [5, 5.41) is 8.84. The minimum Gasteiger partial charge on any atom is -0.497 e. The molecule has 4 rings (SSSR count). The van der Waals surface area contributed by atoms with E-state index >= 15 is 0 Å². The van der Waals surface area contributed by atoms with Crippen LogP contribution < -0.4 is 4.74 Å². The van der Waals surface area contributed by atoms with Gasteiger partial charge in [-0.25, -0.2) is 0 Å². The summed E-state index contributed by atoms with van der Waals surface area (Å²) >= 11 is 0. The summed E-state index contributed by atoms with van der Waals surface area (Å²) in [5.41, 5.74) is 3.58. The predicted molar refractivity (Wildman–Crippen MR) is 144 cm³/mol. The first-order chi connectivity index (χ1) is 17.6. The summed E-state index contributed by atoms with van der Waals surface area (Å²) in [6.07, 6.45) is 13.7. The van der Waals surface area contributed by atoms with Gasteiger partial charge in [0.2, 0.25) is 0 Å². The first kappa shape index (κ1) is 26.4. The molecule has 1 saturated carbocycles. The molecule has 1 aliphatic heterocycles. The van der Waals surface area contributed by atoms with Gasteiger partial charge in [0, 0.05) is 18.4 Å². The second-order valence-corrected chi connectivity index (χ2v) is 10.2. The van der Waals surface area contributed by atoms with E-state index in [2.05, 4.69) is 47.4 Å². The van der Waals surface area contributed by atoms with Crippen LogP contribution in [0.1, 0.15) is 63.4 Å². The number of methoxy groups -OCH3 is 1. The molecule has 0 unspecified atom stereocenters. The van der Waals surface area contributed by atoms with Crippen LogP contribution >= 0.6 is 0 Å². The molecule has 5 heteroatoms. The zero-order chi connectivity index (χ0) is 25.2. The molecule has 0 radical (unpaired) electrons. The van der Waals surface area contributed by atoms with Gasteiger partial charge in [0.05, 0.1) is 19.8 Å². The highest BCUT2D eigenvalue weighted by Crippen LogP contribution is 2.37. The van der Waals surface area contributed by atoms with Crippen LogP contribution in [0.15, 0.2) is 60.7 Å². The van der Waals surface area contributed by atoms with Crippen LogP contribution in [-0.4, -0.2) is 48.3 Å². The molecule has 0 aromatic heterocycles. The van der Waals surface area contributed by atoms with Crippen molar-refractivity contribution in [2.24, 2.45) is 5.92 Å². The second-order valence-electron chi connectivity index (χ2n) is 10.2. The highest BCUT2D eigenvalue weighted by molar-refractivity contribution is 5.66. The molecule has 1 heterocycles. The molecule has 1 saturated heterocycles. The maximum atomic E-state index is 10.7. The molecule has 0 amide bonds. The first-order valence-electron chi connectivity index (χ1n) is 13.6. The van der Waals surface area contributed by atoms with Gasteiger partial charge in [-0.15, -0.1) is 0 Å². The van der Waals surface area contributed by atoms with E-state index in [-0.39, 0.29) is 12.5 Å². The third kappa shape index (κ3) is 7.44. The zero-order valence-electron chi connectivity index (χ0n) is 21.6. The minimum atomic E-state index is -0.730. The van der Waals surface area contributed by atoms with Crippen LogP contribution in [-0.2, 0) is 16.1 Å². The summed E-state index contributed by atoms with van der Waals surface area (Å²) < 4.78 is 11.8. The fourth-order valence-corrected chi connectivity index (χ4v) is 5.81. The number of carboxylic acid groups (broad SMARTS) is 1. The number of hydrogen-bond acceptors (Lipinski definition) is 4. The molecule has 36 heavy (non-hydrogen) atoms. The Kier molecular flexibility index (Phi) is 10.00. The van der Waals surface area contributed by atoms with E-state index < -0.39 is 5.97 Å². The number of carbonyl (C=O) groups is 1. The van der Waals surface area contributed by atoms with Crippen molar-refractivity contribution in [3.63, 3.8) is 0 Å². The van der Waals surface area contributed by atoms with Crippen LogP contribution in [0.25, 0.3) is 11.1 Å². The van der Waals surface area contributed by atoms with Gasteiger partial charge in [-0.1, -0.05) is 55.0 Å². The highest BCUT2D eigenvalue weighted by Gasteiger charge is 2.39. The van der Waals surface area contributed by atoms with E-state index in [0.29, 0.717) is 25.0 Å². The second kappa shape index (κ2) is 13.6. The van der Waals surface area contributed by atoms with E-state index in [1.807, 2.05) is 18.2 Å². The smallest absolute Gasteiger partial charge is 0.303 e. The van der Waals surface area contributed by atoms with Gasteiger partial charge in [-0.2, -0.15) is 0 Å². The number of nitrogens with zero attached hydrogens (tertiary/aromatic N) is 1. The van der Waals surface area contributed by atoms with Crippen molar-refractivity contribution in [2.75, 3.05) is 20.2 Å². The SMILES string of the molecule is COc1ccc(-c2ccc(CO[C@H]3CC[C@H](N4CCCCC4)[C@H]3CC/C=C\CCC(=O)O)cc2)cc1. The van der Waals surface area contributed by atoms with Gasteiger partial charge in [0.15, 0.2) is 0 Å². The topological polar surface area (TPSA) is 59.0 Å². The molecular weight excluding hydrogens is 450 g/mol. The molecular formula is C31H41NO4. The quantitative estimate of drug-likeness (QED) is 0.334. The normalized spacial score (nSPS) is 22.8. The summed E-state index contributed by atoms with van der Waals surface area (Å²) in [6, 6.07) is 17.5. The van der Waals surface area contributed by atoms with Gasteiger partial charge in [0.25, 0.3) is 0 Å². The lowest BCUT2D eigenvalue weighted by Gasteiger charge is -2.37. The molecule has 2 fully saturated rings. The Morgan fingerprint density at radius 2 is 1.61 bits per heavy atom. The molecule has 194 valence electrons. The Morgan fingerprint density at radius 3 is 2.28 bits per heavy atom. The molecule has 1 N–H and O–H groups in total. The summed E-state index contributed by atoms with van der Waals surface area (Å²) in [6.45, 7) is 3.08. The standard InChI is InChI=1S/C31H41NO4/c1-35-27-17-15-26(16-18-27)25-13-11-24(12-14-25)23-36-30-20-19-29(32-21-7-4-8-22-32)28(30)9-5-2-3-6-10-31(33)34/h2-3,11-18,28-30H,4-10,19-23H2,1H3,(H,33,34)/b3-2-/t28-,29+,30+/m1/s1. The van der Waals surface area contributed by atoms with Crippen molar-refractivity contribution < 1.29 is 19.4 Å². The fourth-order valence-electron chi connectivity index (χ4n) is 5.81. The van der Waals surface area contributed by atoms with Gasteiger partial charge in [0.1, 0.15) is 5.75 Å². The highest BCUT2D eigenvalue weighted by atomic mass is 16.5. The minimum absolute atomic E-state index is 0.208. The number of ether oxygens (including phenoxy) is 2. The predicted octanol–water partition coefficient (Wildman–Crippen LogP) is 6.71. The number of aliphatic carboxylic acids is 1. The Labute approximate surface area is 216 Å². The maximum absolute atomic E-state index is 10.7. The van der Waals surface area contributed by atoms with Gasteiger partial charge in [-0.3, -0.25) is 4.79 Å². The van der Waals surface area contributed by atoms with Crippen molar-refractivity contribution in [2.45, 2.75) is 76.5 Å². The van der Waals surface area contributed by atoms with Crippen molar-refractivity contribution in [3.8, 4) is 16.9 Å². The lowest BCUT2D eigenvalue weighted by molar-refractivity contribution is -0.136. The van der Waals surface area contributed by atoms with Crippen molar-refractivity contribution in [3.05, 3.63) is 66.2 Å². The molecule has 2 aliphatic rings. The monoisotopic (exact) mass is 491 g/mol. The third-order valence-corrected chi connectivity index (χ3v) is 7.78. The number of rotatable bonds is 12. The third-order valence-electron chi connectivity index (χ3n) is 7.78. The number of carboxylic acids is 1. The van der Waals surface area contributed by atoms with E-state index in [4.69, 9.17) is 14.6 Å². The molecule has 0 bridgehead atoms. The lowest BCUT2D eigenvalue weighted by atomic mass is 9.93. The number of likely N-dealkylation sites (tertiary alicyclic amines) is 1. The van der Waals surface area contributed by atoms with Crippen LogP contribution in [0.2, 0.25) is 0 Å². The number of allylic oxidation sites excluding steroid dienone is 2. The van der Waals surface area contributed by atoms with E-state index in [0.717, 1.165) is 25.0 Å². The van der Waals surface area contributed by atoms with E-state index in [9.17, 15) is 4.79 Å². The van der Waals surface area contributed by atoms with Crippen LogP contribution in [0.3, 0.4) is 0 Å².